The summed E-state index contributed by atoms with van der Waals surface area (Å²) in [6.07, 6.45) is 4.91. The second kappa shape index (κ2) is 9.55. The highest BCUT2D eigenvalue weighted by Gasteiger charge is 2.25. The van der Waals surface area contributed by atoms with Crippen LogP contribution < -0.4 is 5.32 Å². The fourth-order valence-electron chi connectivity index (χ4n) is 1.59. The summed E-state index contributed by atoms with van der Waals surface area (Å²) in [6, 6.07) is -0.899. The van der Waals surface area contributed by atoms with Crippen molar-refractivity contribution in [1.29, 1.82) is 0 Å². The molecular weight excluding hydrogens is 246 g/mol. The van der Waals surface area contributed by atoms with Crippen LogP contribution in [0.4, 0.5) is 0 Å². The average molecular weight is 271 g/mol. The number of aliphatic hydroxyl groups excluding tert-OH is 1. The van der Waals surface area contributed by atoms with E-state index in [1.54, 1.807) is 13.0 Å². The normalized spacial score (nSPS) is 16.0. The predicted octanol–water partition coefficient (Wildman–Crippen LogP) is 1.71. The highest BCUT2D eigenvalue weighted by molar-refractivity contribution is 5.84. The summed E-state index contributed by atoms with van der Waals surface area (Å²) >= 11 is 0. The maximum atomic E-state index is 11.7. The summed E-state index contributed by atoms with van der Waals surface area (Å²) in [4.78, 5) is 22.7. The van der Waals surface area contributed by atoms with Gasteiger partial charge in [0.1, 0.15) is 6.04 Å². The maximum absolute atomic E-state index is 11.7. The number of hydrogen-bond donors (Lipinski definition) is 3. The lowest BCUT2D eigenvalue weighted by atomic mass is 9.99. The van der Waals surface area contributed by atoms with E-state index in [1.807, 2.05) is 19.9 Å². The third-order valence-electron chi connectivity index (χ3n) is 3.00. The molecule has 0 saturated heterocycles. The lowest BCUT2D eigenvalue weighted by Gasteiger charge is -2.20. The topological polar surface area (TPSA) is 86.6 Å². The Morgan fingerprint density at radius 3 is 2.42 bits per heavy atom. The Morgan fingerprint density at radius 1 is 1.32 bits per heavy atom. The number of carbonyl (C=O) groups excluding carboxylic acids is 1. The first kappa shape index (κ1) is 17.6. The Kier molecular flexibility index (Phi) is 8.87. The van der Waals surface area contributed by atoms with Crippen LogP contribution in [0.5, 0.6) is 0 Å². The number of aliphatic carboxylic acids is 1. The van der Waals surface area contributed by atoms with Crippen LogP contribution in [0, 0.1) is 5.92 Å². The van der Waals surface area contributed by atoms with Crippen LogP contribution in [0.15, 0.2) is 12.2 Å². The third-order valence-corrected chi connectivity index (χ3v) is 3.00. The minimum Gasteiger partial charge on any atom is -0.480 e. The zero-order valence-electron chi connectivity index (χ0n) is 11.9. The van der Waals surface area contributed by atoms with E-state index in [-0.39, 0.29) is 12.3 Å². The number of aliphatic hydroxyl groups is 1. The van der Waals surface area contributed by atoms with Gasteiger partial charge in [-0.1, -0.05) is 45.8 Å². The van der Waals surface area contributed by atoms with E-state index in [0.717, 1.165) is 12.8 Å². The number of carboxylic acids is 1. The molecule has 5 heteroatoms. The number of carboxylic acid groups (broad SMARTS) is 1. The van der Waals surface area contributed by atoms with Gasteiger partial charge in [0, 0.05) is 0 Å². The molecule has 0 radical (unpaired) electrons. The van der Waals surface area contributed by atoms with Gasteiger partial charge in [-0.3, -0.25) is 4.79 Å². The van der Waals surface area contributed by atoms with Crippen molar-refractivity contribution in [3.8, 4) is 0 Å². The second-order valence-electron chi connectivity index (χ2n) is 4.76. The molecule has 0 rings (SSSR count). The van der Waals surface area contributed by atoms with Gasteiger partial charge in [0.25, 0.3) is 0 Å². The van der Waals surface area contributed by atoms with E-state index >= 15 is 0 Å². The van der Waals surface area contributed by atoms with E-state index in [4.69, 9.17) is 5.11 Å². The Hall–Kier alpha value is -1.36. The molecule has 3 N–H and O–H groups in total. The van der Waals surface area contributed by atoms with Crippen LogP contribution in [-0.2, 0) is 9.59 Å². The third kappa shape index (κ3) is 7.62. The summed E-state index contributed by atoms with van der Waals surface area (Å²) in [5.74, 6) is -1.63. The summed E-state index contributed by atoms with van der Waals surface area (Å²) in [7, 11) is 0. The minimum atomic E-state index is -1.04. The summed E-state index contributed by atoms with van der Waals surface area (Å²) in [6.45, 7) is 5.67. The molecule has 0 heterocycles. The first-order valence-electron chi connectivity index (χ1n) is 6.79. The zero-order chi connectivity index (χ0) is 14.8. The summed E-state index contributed by atoms with van der Waals surface area (Å²) < 4.78 is 0. The fraction of sp³-hybridized carbons (Fsp3) is 0.714. The lowest BCUT2D eigenvalue weighted by molar-refractivity contribution is -0.143. The molecule has 0 fully saturated rings. The molecule has 0 aliphatic heterocycles. The second-order valence-corrected chi connectivity index (χ2v) is 4.76. The van der Waals surface area contributed by atoms with Gasteiger partial charge in [-0.2, -0.15) is 0 Å². The van der Waals surface area contributed by atoms with E-state index in [2.05, 4.69) is 5.32 Å². The van der Waals surface area contributed by atoms with Crippen LogP contribution in [0.25, 0.3) is 0 Å². The van der Waals surface area contributed by atoms with Crippen LogP contribution in [0.2, 0.25) is 0 Å². The molecule has 0 saturated carbocycles. The Bertz CT molecular complexity index is 315. The van der Waals surface area contributed by atoms with Gasteiger partial charge in [0.05, 0.1) is 12.5 Å². The zero-order valence-corrected chi connectivity index (χ0v) is 11.9. The maximum Gasteiger partial charge on any atom is 0.326 e. The van der Waals surface area contributed by atoms with E-state index < -0.39 is 24.0 Å². The first-order valence-corrected chi connectivity index (χ1v) is 6.79. The van der Waals surface area contributed by atoms with Gasteiger partial charge >= 0.3 is 5.97 Å². The highest BCUT2D eigenvalue weighted by Crippen LogP contribution is 2.08. The van der Waals surface area contributed by atoms with Crippen molar-refractivity contribution in [2.75, 3.05) is 0 Å². The number of unbranched alkanes of at least 4 members (excludes halogenated alkanes) is 1. The Morgan fingerprint density at radius 2 is 1.95 bits per heavy atom. The quantitative estimate of drug-likeness (QED) is 0.557. The van der Waals surface area contributed by atoms with Gasteiger partial charge in [-0.25, -0.2) is 4.79 Å². The van der Waals surface area contributed by atoms with Gasteiger partial charge in [-0.05, 0) is 12.3 Å². The Labute approximate surface area is 114 Å². The van der Waals surface area contributed by atoms with Crippen molar-refractivity contribution in [3.05, 3.63) is 12.2 Å². The van der Waals surface area contributed by atoms with Gasteiger partial charge in [-0.15, -0.1) is 0 Å². The van der Waals surface area contributed by atoms with E-state index in [1.165, 1.54) is 0 Å². The number of amides is 1. The molecule has 3 unspecified atom stereocenters. The Balaban J connectivity index is 4.30. The molecule has 5 nitrogen and oxygen atoms in total. The number of rotatable bonds is 9. The minimum absolute atomic E-state index is 0.111. The number of allylic oxidation sites excluding steroid dienone is 1. The largest absolute Gasteiger partial charge is 0.480 e. The molecule has 0 aliphatic carbocycles. The van der Waals surface area contributed by atoms with Crippen molar-refractivity contribution in [2.45, 2.75) is 58.6 Å². The summed E-state index contributed by atoms with van der Waals surface area (Å²) in [5, 5.41) is 21.1. The molecule has 110 valence electrons. The van der Waals surface area contributed by atoms with Crippen molar-refractivity contribution in [3.63, 3.8) is 0 Å². The predicted molar refractivity (Wildman–Crippen MR) is 73.7 cm³/mol. The van der Waals surface area contributed by atoms with Crippen molar-refractivity contribution in [2.24, 2.45) is 5.92 Å². The number of carbonyl (C=O) groups is 2. The van der Waals surface area contributed by atoms with Crippen molar-refractivity contribution < 1.29 is 19.8 Å². The first-order chi connectivity index (χ1) is 8.92. The van der Waals surface area contributed by atoms with Gasteiger partial charge < -0.3 is 15.5 Å². The smallest absolute Gasteiger partial charge is 0.326 e. The summed E-state index contributed by atoms with van der Waals surface area (Å²) in [5.41, 5.74) is 0. The molecule has 1 amide bonds. The number of nitrogens with one attached hydrogen (secondary N) is 1. The molecular formula is C14H25NO4. The molecule has 0 aromatic rings. The molecule has 0 aromatic carbocycles. The van der Waals surface area contributed by atoms with Crippen molar-refractivity contribution in [1.82, 2.24) is 5.32 Å². The molecule has 0 bridgehead atoms. The molecule has 0 aliphatic rings. The molecule has 0 spiro atoms. The fourth-order valence-corrected chi connectivity index (χ4v) is 1.59. The van der Waals surface area contributed by atoms with Gasteiger partial charge in [0.2, 0.25) is 5.91 Å². The highest BCUT2D eigenvalue weighted by atomic mass is 16.4. The monoisotopic (exact) mass is 271 g/mol. The van der Waals surface area contributed by atoms with Crippen LogP contribution in [-0.4, -0.2) is 34.2 Å². The average Bonchev–Trinajstić information content (AvgIpc) is 2.35. The lowest BCUT2D eigenvalue weighted by Crippen LogP contribution is -2.45. The van der Waals surface area contributed by atoms with Crippen LogP contribution >= 0.6 is 0 Å². The van der Waals surface area contributed by atoms with Crippen LogP contribution in [0.3, 0.4) is 0 Å². The molecule has 3 atom stereocenters. The molecule has 19 heavy (non-hydrogen) atoms. The SMILES string of the molecule is CCC/C=C/C(O)CC(=O)NC(C(=O)O)C(C)CC. The number of hydrogen-bond acceptors (Lipinski definition) is 3. The molecule has 0 aromatic heterocycles. The standard InChI is InChI=1S/C14H25NO4/c1-4-6-7-8-11(16)9-12(17)15-13(14(18)19)10(3)5-2/h7-8,10-11,13,16H,4-6,9H2,1-3H3,(H,15,17)(H,18,19)/b8-7+. The van der Waals surface area contributed by atoms with E-state index in [0.29, 0.717) is 6.42 Å². The van der Waals surface area contributed by atoms with Gasteiger partial charge in [0.15, 0.2) is 0 Å². The van der Waals surface area contributed by atoms with Crippen LogP contribution in [0.1, 0.15) is 46.5 Å². The van der Waals surface area contributed by atoms with E-state index in [9.17, 15) is 14.7 Å². The van der Waals surface area contributed by atoms with Crippen molar-refractivity contribution >= 4 is 11.9 Å².